The summed E-state index contributed by atoms with van der Waals surface area (Å²) in [5.41, 5.74) is 12.8. The van der Waals surface area contributed by atoms with Gasteiger partial charge in [0, 0.05) is 44.4 Å². The predicted molar refractivity (Wildman–Crippen MR) is 240 cm³/mol. The largest absolute Gasteiger partial charge is 0.309 e. The van der Waals surface area contributed by atoms with Gasteiger partial charge in [-0.2, -0.15) is 4.98 Å². The SMILES string of the molecule is c1ccc(-c2ccc(-c3nc(-n4c5ccccc5c5cc(-c6cc7c(c8ccccc68)c6ccccc6n7-c6ccccc6)ccc54)nc4ncccc34)cc2)cc1. The minimum absolute atomic E-state index is 0.589. The van der Waals surface area contributed by atoms with Gasteiger partial charge in [-0.1, -0.05) is 140 Å². The maximum absolute atomic E-state index is 5.34. The van der Waals surface area contributed by atoms with Crippen molar-refractivity contribution in [2.45, 2.75) is 0 Å². The average molecular weight is 740 g/mol. The Kier molecular flexibility index (Phi) is 7.16. The highest BCUT2D eigenvalue weighted by atomic mass is 15.2. The van der Waals surface area contributed by atoms with Crippen molar-refractivity contribution in [2.75, 3.05) is 0 Å². The molecule has 12 rings (SSSR count). The zero-order valence-corrected chi connectivity index (χ0v) is 31.3. The third-order valence-corrected chi connectivity index (χ3v) is 11.6. The maximum atomic E-state index is 5.34. The van der Waals surface area contributed by atoms with E-state index in [-0.39, 0.29) is 0 Å². The third-order valence-electron chi connectivity index (χ3n) is 11.6. The number of nitrogens with zero attached hydrogens (tertiary/aromatic N) is 5. The monoisotopic (exact) mass is 739 g/mol. The van der Waals surface area contributed by atoms with E-state index in [1.165, 1.54) is 43.7 Å². The van der Waals surface area contributed by atoms with Crippen molar-refractivity contribution in [3.8, 4) is 45.1 Å². The number of pyridine rings is 1. The van der Waals surface area contributed by atoms with Crippen LogP contribution in [-0.2, 0) is 0 Å². The average Bonchev–Trinajstić information content (AvgIpc) is 3.82. The first-order chi connectivity index (χ1) is 28.8. The summed E-state index contributed by atoms with van der Waals surface area (Å²) < 4.78 is 4.60. The Labute approximate surface area is 333 Å². The number of fused-ring (bicyclic) bond motifs is 9. The lowest BCUT2D eigenvalue weighted by molar-refractivity contribution is 1.00. The van der Waals surface area contributed by atoms with E-state index in [1.807, 2.05) is 12.1 Å². The number of hydrogen-bond donors (Lipinski definition) is 0. The highest BCUT2D eigenvalue weighted by Crippen LogP contribution is 2.43. The second-order valence-corrected chi connectivity index (χ2v) is 14.8. The number of rotatable bonds is 5. The van der Waals surface area contributed by atoms with E-state index in [0.29, 0.717) is 11.6 Å². The summed E-state index contributed by atoms with van der Waals surface area (Å²) in [6.07, 6.45) is 1.80. The minimum Gasteiger partial charge on any atom is -0.309 e. The van der Waals surface area contributed by atoms with Crippen molar-refractivity contribution < 1.29 is 0 Å². The summed E-state index contributed by atoms with van der Waals surface area (Å²) in [7, 11) is 0. The molecular weight excluding hydrogens is 707 g/mol. The fraction of sp³-hybridized carbons (Fsp3) is 0. The number of benzene rings is 8. The van der Waals surface area contributed by atoms with Crippen LogP contribution in [0, 0.1) is 0 Å². The topological polar surface area (TPSA) is 48.5 Å². The van der Waals surface area contributed by atoms with Gasteiger partial charge in [-0.3, -0.25) is 4.57 Å². The fourth-order valence-corrected chi connectivity index (χ4v) is 9.00. The Balaban J connectivity index is 1.08. The third kappa shape index (κ3) is 4.93. The van der Waals surface area contributed by atoms with E-state index >= 15 is 0 Å². The van der Waals surface area contributed by atoms with Gasteiger partial charge < -0.3 is 4.57 Å². The lowest BCUT2D eigenvalue weighted by Gasteiger charge is -2.13. The molecule has 5 heteroatoms. The molecule has 12 aromatic rings. The van der Waals surface area contributed by atoms with Gasteiger partial charge in [0.05, 0.1) is 27.8 Å². The van der Waals surface area contributed by atoms with E-state index in [2.05, 4.69) is 191 Å². The first-order valence-electron chi connectivity index (χ1n) is 19.6. The van der Waals surface area contributed by atoms with Crippen LogP contribution in [-0.4, -0.2) is 24.1 Å². The molecule has 8 aromatic carbocycles. The lowest BCUT2D eigenvalue weighted by Crippen LogP contribution is -2.04. The van der Waals surface area contributed by atoms with Gasteiger partial charge in [-0.15, -0.1) is 0 Å². The second-order valence-electron chi connectivity index (χ2n) is 14.8. The molecular formula is C53H33N5. The Bertz CT molecular complexity index is 3550. The molecule has 5 nitrogen and oxygen atoms in total. The summed E-state index contributed by atoms with van der Waals surface area (Å²) in [5, 5.41) is 8.17. The summed E-state index contributed by atoms with van der Waals surface area (Å²) in [6.45, 7) is 0. The lowest BCUT2D eigenvalue weighted by atomic mass is 9.94. The van der Waals surface area contributed by atoms with Crippen LogP contribution in [0.1, 0.15) is 0 Å². The van der Waals surface area contributed by atoms with Crippen molar-refractivity contribution in [2.24, 2.45) is 0 Å². The van der Waals surface area contributed by atoms with Crippen LogP contribution in [0.2, 0.25) is 0 Å². The zero-order valence-electron chi connectivity index (χ0n) is 31.3. The smallest absolute Gasteiger partial charge is 0.237 e. The van der Waals surface area contributed by atoms with E-state index < -0.39 is 0 Å². The van der Waals surface area contributed by atoms with Crippen molar-refractivity contribution in [1.82, 2.24) is 24.1 Å². The molecule has 4 aromatic heterocycles. The molecule has 270 valence electrons. The highest BCUT2D eigenvalue weighted by Gasteiger charge is 2.21. The molecule has 0 N–H and O–H groups in total. The van der Waals surface area contributed by atoms with Gasteiger partial charge in [-0.25, -0.2) is 9.97 Å². The fourth-order valence-electron chi connectivity index (χ4n) is 9.00. The van der Waals surface area contributed by atoms with Gasteiger partial charge in [0.1, 0.15) is 0 Å². The number of aromatic nitrogens is 5. The van der Waals surface area contributed by atoms with Gasteiger partial charge >= 0.3 is 0 Å². The van der Waals surface area contributed by atoms with E-state index in [1.54, 1.807) is 6.20 Å². The molecule has 4 heterocycles. The summed E-state index contributed by atoms with van der Waals surface area (Å²) in [5.74, 6) is 0.589. The first-order valence-corrected chi connectivity index (χ1v) is 19.6. The second kappa shape index (κ2) is 12.8. The molecule has 0 bridgehead atoms. The molecule has 58 heavy (non-hydrogen) atoms. The van der Waals surface area contributed by atoms with Crippen molar-refractivity contribution >= 4 is 65.4 Å². The Morgan fingerprint density at radius 1 is 0.345 bits per heavy atom. The number of para-hydroxylation sites is 3. The Morgan fingerprint density at radius 2 is 0.931 bits per heavy atom. The molecule has 0 saturated heterocycles. The Morgan fingerprint density at radius 3 is 1.72 bits per heavy atom. The zero-order chi connectivity index (χ0) is 38.2. The van der Waals surface area contributed by atoms with Crippen LogP contribution in [0.25, 0.3) is 111 Å². The van der Waals surface area contributed by atoms with Crippen LogP contribution in [0.15, 0.2) is 200 Å². The van der Waals surface area contributed by atoms with Crippen molar-refractivity contribution in [1.29, 1.82) is 0 Å². The van der Waals surface area contributed by atoms with Crippen LogP contribution in [0.3, 0.4) is 0 Å². The van der Waals surface area contributed by atoms with Gasteiger partial charge in [0.15, 0.2) is 5.65 Å². The summed E-state index contributed by atoms with van der Waals surface area (Å²) >= 11 is 0. The highest BCUT2D eigenvalue weighted by molar-refractivity contribution is 6.24. The first kappa shape index (κ1) is 32.4. The Hall–Kier alpha value is -7.89. The van der Waals surface area contributed by atoms with Crippen LogP contribution in [0.5, 0.6) is 0 Å². The molecule has 0 aliphatic rings. The molecule has 0 saturated carbocycles. The minimum atomic E-state index is 0.589. The molecule has 0 fully saturated rings. The van der Waals surface area contributed by atoms with Crippen LogP contribution in [0.4, 0.5) is 0 Å². The molecule has 0 aliphatic heterocycles. The number of hydrogen-bond acceptors (Lipinski definition) is 3. The van der Waals surface area contributed by atoms with Crippen molar-refractivity contribution in [3.63, 3.8) is 0 Å². The van der Waals surface area contributed by atoms with Gasteiger partial charge in [0.25, 0.3) is 0 Å². The molecule has 0 unspecified atom stereocenters. The maximum Gasteiger partial charge on any atom is 0.237 e. The standard InChI is InChI=1S/C53H33N5/c1-3-14-34(15-4-1)35-25-27-36(28-26-35)51-43-22-13-31-54-52(43)56-53(55-51)58-46-23-11-9-19-40(46)45-32-37(29-30-48(45)58)44-33-49-50(41-20-8-7-18-39(41)44)42-21-10-12-24-47(42)57(49)38-16-5-2-6-17-38/h1-33H. The molecule has 0 atom stereocenters. The van der Waals surface area contributed by atoms with Gasteiger partial charge in [0.2, 0.25) is 5.95 Å². The summed E-state index contributed by atoms with van der Waals surface area (Å²) in [4.78, 5) is 15.2. The predicted octanol–water partition coefficient (Wildman–Crippen LogP) is 13.4. The van der Waals surface area contributed by atoms with E-state index in [4.69, 9.17) is 15.0 Å². The molecule has 0 spiro atoms. The van der Waals surface area contributed by atoms with Crippen LogP contribution < -0.4 is 0 Å². The quantitative estimate of drug-likeness (QED) is 0.177. The molecule has 0 amide bonds. The van der Waals surface area contributed by atoms with E-state index in [0.717, 1.165) is 55.3 Å². The van der Waals surface area contributed by atoms with Crippen LogP contribution >= 0.6 is 0 Å². The summed E-state index contributed by atoms with van der Waals surface area (Å²) in [6, 6.07) is 69.2. The normalized spacial score (nSPS) is 11.8. The van der Waals surface area contributed by atoms with Gasteiger partial charge in [-0.05, 0) is 87.6 Å². The molecule has 0 aliphatic carbocycles. The van der Waals surface area contributed by atoms with Crippen molar-refractivity contribution in [3.05, 3.63) is 200 Å². The van der Waals surface area contributed by atoms with E-state index in [9.17, 15) is 0 Å². The molecule has 0 radical (unpaired) electrons.